The Labute approximate surface area is 140 Å². The van der Waals surface area contributed by atoms with E-state index in [0.717, 1.165) is 5.56 Å². The standard InChI is InChI=1S/C19H18N2O3/c1-3-24-18-11-14(7-8-17(18)22)10-15(12-20)19(23)21-16-6-4-5-13(2)9-16/h4-11,22H,3H2,1-2H3,(H,21,23)/b15-10-. The minimum Gasteiger partial charge on any atom is -0.504 e. The highest BCUT2D eigenvalue weighted by Crippen LogP contribution is 2.27. The molecule has 2 aromatic rings. The van der Waals surface area contributed by atoms with E-state index < -0.39 is 5.91 Å². The molecule has 0 radical (unpaired) electrons. The Hall–Kier alpha value is -3.26. The number of aromatic hydroxyl groups is 1. The number of carbonyl (C=O) groups excluding carboxylic acids is 1. The third-order valence-corrected chi connectivity index (χ3v) is 3.24. The fraction of sp³-hybridized carbons (Fsp3) is 0.158. The Morgan fingerprint density at radius 1 is 1.33 bits per heavy atom. The van der Waals surface area contributed by atoms with Gasteiger partial charge in [0.2, 0.25) is 0 Å². The molecule has 0 aliphatic rings. The number of anilines is 1. The summed E-state index contributed by atoms with van der Waals surface area (Å²) in [5, 5.41) is 21.7. The van der Waals surface area contributed by atoms with E-state index in [1.165, 1.54) is 12.1 Å². The molecule has 0 heterocycles. The summed E-state index contributed by atoms with van der Waals surface area (Å²) in [7, 11) is 0. The molecular formula is C19H18N2O3. The molecule has 5 heteroatoms. The number of hydrogen-bond acceptors (Lipinski definition) is 4. The van der Waals surface area contributed by atoms with E-state index in [-0.39, 0.29) is 11.3 Å². The van der Waals surface area contributed by atoms with Crippen LogP contribution in [-0.2, 0) is 4.79 Å². The Bertz CT molecular complexity index is 820. The van der Waals surface area contributed by atoms with Crippen molar-refractivity contribution in [3.63, 3.8) is 0 Å². The summed E-state index contributed by atoms with van der Waals surface area (Å²) in [4.78, 5) is 12.3. The van der Waals surface area contributed by atoms with Gasteiger partial charge in [0, 0.05) is 5.69 Å². The van der Waals surface area contributed by atoms with E-state index in [1.54, 1.807) is 25.1 Å². The Morgan fingerprint density at radius 3 is 2.79 bits per heavy atom. The lowest BCUT2D eigenvalue weighted by Gasteiger charge is -2.07. The number of nitriles is 1. The Kier molecular flexibility index (Phi) is 5.58. The maximum atomic E-state index is 12.3. The van der Waals surface area contributed by atoms with Crippen LogP contribution in [0.3, 0.4) is 0 Å². The number of rotatable bonds is 5. The van der Waals surface area contributed by atoms with Gasteiger partial charge < -0.3 is 15.2 Å². The molecule has 0 fully saturated rings. The van der Waals surface area contributed by atoms with Crippen molar-refractivity contribution in [1.82, 2.24) is 0 Å². The fourth-order valence-corrected chi connectivity index (χ4v) is 2.13. The molecule has 2 N–H and O–H groups in total. The first-order chi connectivity index (χ1) is 11.5. The van der Waals surface area contributed by atoms with Crippen LogP contribution in [0.15, 0.2) is 48.0 Å². The highest BCUT2D eigenvalue weighted by atomic mass is 16.5. The van der Waals surface area contributed by atoms with Gasteiger partial charge in [-0.25, -0.2) is 0 Å². The summed E-state index contributed by atoms with van der Waals surface area (Å²) in [6.07, 6.45) is 1.45. The maximum Gasteiger partial charge on any atom is 0.266 e. The lowest BCUT2D eigenvalue weighted by molar-refractivity contribution is -0.112. The van der Waals surface area contributed by atoms with E-state index in [0.29, 0.717) is 23.6 Å². The summed E-state index contributed by atoms with van der Waals surface area (Å²) in [6, 6.07) is 13.9. The summed E-state index contributed by atoms with van der Waals surface area (Å²) < 4.78 is 5.30. The number of phenols is 1. The van der Waals surface area contributed by atoms with Crippen molar-refractivity contribution in [3.05, 3.63) is 59.2 Å². The van der Waals surface area contributed by atoms with E-state index in [1.807, 2.05) is 31.2 Å². The summed E-state index contributed by atoms with van der Waals surface area (Å²) in [5.41, 5.74) is 2.19. The molecule has 0 aromatic heterocycles. The number of aryl methyl sites for hydroxylation is 1. The number of nitrogens with zero attached hydrogens (tertiary/aromatic N) is 1. The zero-order valence-electron chi connectivity index (χ0n) is 13.5. The zero-order chi connectivity index (χ0) is 17.5. The molecule has 24 heavy (non-hydrogen) atoms. The molecule has 1 amide bonds. The van der Waals surface area contributed by atoms with Crippen LogP contribution in [0.1, 0.15) is 18.1 Å². The van der Waals surface area contributed by atoms with Gasteiger partial charge in [0.1, 0.15) is 11.6 Å². The summed E-state index contributed by atoms with van der Waals surface area (Å²) in [6.45, 7) is 4.13. The maximum absolute atomic E-state index is 12.3. The largest absolute Gasteiger partial charge is 0.504 e. The van der Waals surface area contributed by atoms with Crippen molar-refractivity contribution in [2.24, 2.45) is 0 Å². The lowest BCUT2D eigenvalue weighted by atomic mass is 10.1. The molecule has 122 valence electrons. The minimum atomic E-state index is -0.492. The van der Waals surface area contributed by atoms with Crippen LogP contribution in [0.25, 0.3) is 6.08 Å². The number of phenolic OH excluding ortho intramolecular Hbond substituents is 1. The van der Waals surface area contributed by atoms with Gasteiger partial charge in [-0.2, -0.15) is 5.26 Å². The van der Waals surface area contributed by atoms with E-state index >= 15 is 0 Å². The third kappa shape index (κ3) is 4.37. The molecule has 0 aliphatic heterocycles. The highest BCUT2D eigenvalue weighted by Gasteiger charge is 2.10. The molecule has 0 saturated carbocycles. The van der Waals surface area contributed by atoms with Crippen LogP contribution in [0, 0.1) is 18.3 Å². The van der Waals surface area contributed by atoms with Gasteiger partial charge in [0.25, 0.3) is 5.91 Å². The fourth-order valence-electron chi connectivity index (χ4n) is 2.13. The quantitative estimate of drug-likeness (QED) is 0.650. The van der Waals surface area contributed by atoms with Crippen molar-refractivity contribution in [2.75, 3.05) is 11.9 Å². The van der Waals surface area contributed by atoms with Gasteiger partial charge in [-0.05, 0) is 55.3 Å². The average Bonchev–Trinajstić information content (AvgIpc) is 2.55. The SMILES string of the molecule is CCOc1cc(/C=C(/C#N)C(=O)Nc2cccc(C)c2)ccc1O. The molecule has 0 spiro atoms. The Balaban J connectivity index is 2.24. The number of hydrogen-bond donors (Lipinski definition) is 2. The summed E-state index contributed by atoms with van der Waals surface area (Å²) >= 11 is 0. The molecule has 0 saturated heterocycles. The molecular weight excluding hydrogens is 304 g/mol. The first-order valence-electron chi connectivity index (χ1n) is 7.49. The first kappa shape index (κ1) is 17.1. The molecule has 0 atom stereocenters. The molecule has 2 aromatic carbocycles. The predicted molar refractivity (Wildman–Crippen MR) is 92.7 cm³/mol. The number of nitrogens with one attached hydrogen (secondary N) is 1. The number of benzene rings is 2. The number of carbonyl (C=O) groups is 1. The normalized spacial score (nSPS) is 10.8. The van der Waals surface area contributed by atoms with E-state index in [2.05, 4.69) is 5.32 Å². The topological polar surface area (TPSA) is 82.3 Å². The molecule has 0 bridgehead atoms. The zero-order valence-corrected chi connectivity index (χ0v) is 13.5. The second-order valence-electron chi connectivity index (χ2n) is 5.15. The highest BCUT2D eigenvalue weighted by molar-refractivity contribution is 6.09. The van der Waals surface area contributed by atoms with E-state index in [9.17, 15) is 15.2 Å². The summed E-state index contributed by atoms with van der Waals surface area (Å²) in [5.74, 6) is -0.173. The van der Waals surface area contributed by atoms with Crippen LogP contribution in [0.5, 0.6) is 11.5 Å². The third-order valence-electron chi connectivity index (χ3n) is 3.24. The van der Waals surface area contributed by atoms with Gasteiger partial charge in [0.15, 0.2) is 11.5 Å². The average molecular weight is 322 g/mol. The number of amides is 1. The van der Waals surface area contributed by atoms with Crippen LogP contribution < -0.4 is 10.1 Å². The second-order valence-corrected chi connectivity index (χ2v) is 5.15. The second kappa shape index (κ2) is 7.84. The lowest BCUT2D eigenvalue weighted by Crippen LogP contribution is -2.13. The van der Waals surface area contributed by atoms with Crippen LogP contribution >= 0.6 is 0 Å². The van der Waals surface area contributed by atoms with Crippen LogP contribution in [0.4, 0.5) is 5.69 Å². The van der Waals surface area contributed by atoms with Crippen molar-refractivity contribution < 1.29 is 14.6 Å². The molecule has 5 nitrogen and oxygen atoms in total. The molecule has 0 aliphatic carbocycles. The van der Waals surface area contributed by atoms with Crippen molar-refractivity contribution in [1.29, 1.82) is 5.26 Å². The number of ether oxygens (including phenoxy) is 1. The predicted octanol–water partition coefficient (Wildman–Crippen LogP) is 3.65. The van der Waals surface area contributed by atoms with Crippen LogP contribution in [0.2, 0.25) is 0 Å². The smallest absolute Gasteiger partial charge is 0.266 e. The van der Waals surface area contributed by atoms with Gasteiger partial charge in [0.05, 0.1) is 6.61 Å². The van der Waals surface area contributed by atoms with Gasteiger partial charge in [-0.3, -0.25) is 4.79 Å². The van der Waals surface area contributed by atoms with Crippen molar-refractivity contribution >= 4 is 17.7 Å². The van der Waals surface area contributed by atoms with Gasteiger partial charge in [-0.1, -0.05) is 18.2 Å². The van der Waals surface area contributed by atoms with Crippen molar-refractivity contribution in [2.45, 2.75) is 13.8 Å². The molecule has 0 unspecified atom stereocenters. The van der Waals surface area contributed by atoms with E-state index in [4.69, 9.17) is 4.74 Å². The monoisotopic (exact) mass is 322 g/mol. The van der Waals surface area contributed by atoms with Gasteiger partial charge in [-0.15, -0.1) is 0 Å². The molecule has 2 rings (SSSR count). The van der Waals surface area contributed by atoms with Gasteiger partial charge >= 0.3 is 0 Å². The minimum absolute atomic E-state index is 0.0109. The van der Waals surface area contributed by atoms with Crippen LogP contribution in [-0.4, -0.2) is 17.6 Å². The first-order valence-corrected chi connectivity index (χ1v) is 7.49. The Morgan fingerprint density at radius 2 is 2.12 bits per heavy atom. The van der Waals surface area contributed by atoms with Crippen molar-refractivity contribution in [3.8, 4) is 17.6 Å².